The van der Waals surface area contributed by atoms with Crippen LogP contribution in [-0.4, -0.2) is 57.7 Å². The average molecular weight is 514 g/mol. The first-order valence-electron chi connectivity index (χ1n) is 11.7. The lowest BCUT2D eigenvalue weighted by Gasteiger charge is -2.34. The highest BCUT2D eigenvalue weighted by molar-refractivity contribution is 7.90. The minimum absolute atomic E-state index is 0.0127. The summed E-state index contributed by atoms with van der Waals surface area (Å²) in [7, 11) is -3.24. The number of aromatic nitrogens is 1. The summed E-state index contributed by atoms with van der Waals surface area (Å²) in [4.78, 5) is 8.55. The summed E-state index contributed by atoms with van der Waals surface area (Å²) >= 11 is 1.65. The van der Waals surface area contributed by atoms with Crippen molar-refractivity contribution < 1.29 is 22.6 Å². The van der Waals surface area contributed by atoms with Gasteiger partial charge in [-0.3, -0.25) is 4.90 Å². The normalized spacial score (nSPS) is 19.9. The van der Waals surface area contributed by atoms with Gasteiger partial charge in [0, 0.05) is 30.4 Å². The summed E-state index contributed by atoms with van der Waals surface area (Å²) in [6, 6.07) is 13.3. The SMILES string of the molecule is CS(=O)(=O)c1ccc(C(c2cnc(NC3(c4ccc5c(c4)OCO5)CC3)s2)N2CCOCC2)cc1. The fraction of sp³-hybridized carbons (Fsp3) is 0.400. The number of morpholine rings is 1. The van der Waals surface area contributed by atoms with Gasteiger partial charge in [-0.15, -0.1) is 11.3 Å². The van der Waals surface area contributed by atoms with Gasteiger partial charge >= 0.3 is 0 Å². The molecule has 0 bridgehead atoms. The number of hydrogen-bond acceptors (Lipinski definition) is 9. The van der Waals surface area contributed by atoms with E-state index in [1.807, 2.05) is 24.4 Å². The molecular weight excluding hydrogens is 486 g/mol. The molecule has 0 radical (unpaired) electrons. The van der Waals surface area contributed by atoms with Crippen LogP contribution in [0.2, 0.25) is 0 Å². The van der Waals surface area contributed by atoms with E-state index in [1.54, 1.807) is 23.5 Å². The van der Waals surface area contributed by atoms with Crippen LogP contribution < -0.4 is 14.8 Å². The molecule has 3 aromatic rings. The van der Waals surface area contributed by atoms with Crippen molar-refractivity contribution in [1.29, 1.82) is 0 Å². The molecule has 0 spiro atoms. The molecule has 3 heterocycles. The van der Waals surface area contributed by atoms with E-state index < -0.39 is 9.84 Å². The first-order valence-corrected chi connectivity index (χ1v) is 14.4. The molecule has 1 saturated heterocycles. The molecule has 0 amide bonds. The highest BCUT2D eigenvalue weighted by Crippen LogP contribution is 2.51. The van der Waals surface area contributed by atoms with Crippen LogP contribution in [0.4, 0.5) is 5.13 Å². The molecule has 1 unspecified atom stereocenters. The Morgan fingerprint density at radius 2 is 1.80 bits per heavy atom. The number of nitrogens with one attached hydrogen (secondary N) is 1. The lowest BCUT2D eigenvalue weighted by molar-refractivity contribution is 0.0245. The van der Waals surface area contributed by atoms with E-state index in [1.165, 1.54) is 11.8 Å². The highest BCUT2D eigenvalue weighted by Gasteiger charge is 2.45. The Morgan fingerprint density at radius 1 is 1.06 bits per heavy atom. The monoisotopic (exact) mass is 513 g/mol. The van der Waals surface area contributed by atoms with Crippen molar-refractivity contribution in [2.75, 3.05) is 44.7 Å². The minimum atomic E-state index is -3.24. The van der Waals surface area contributed by atoms with Gasteiger partial charge in [-0.25, -0.2) is 13.4 Å². The summed E-state index contributed by atoms with van der Waals surface area (Å²) in [6.07, 6.45) is 5.23. The van der Waals surface area contributed by atoms with Crippen molar-refractivity contribution in [3.05, 3.63) is 64.7 Å². The second kappa shape index (κ2) is 8.77. The van der Waals surface area contributed by atoms with Gasteiger partial charge in [-0.1, -0.05) is 18.2 Å². The van der Waals surface area contributed by atoms with Crippen LogP contribution in [-0.2, 0) is 20.1 Å². The molecule has 1 aliphatic carbocycles. The van der Waals surface area contributed by atoms with Crippen molar-refractivity contribution >= 4 is 26.3 Å². The number of benzene rings is 2. The number of hydrogen-bond donors (Lipinski definition) is 1. The average Bonchev–Trinajstić information content (AvgIpc) is 3.25. The first-order chi connectivity index (χ1) is 16.9. The molecule has 2 aliphatic heterocycles. The zero-order chi connectivity index (χ0) is 24.0. The lowest BCUT2D eigenvalue weighted by Crippen LogP contribution is -2.39. The zero-order valence-electron chi connectivity index (χ0n) is 19.4. The van der Waals surface area contributed by atoms with E-state index in [4.69, 9.17) is 19.2 Å². The smallest absolute Gasteiger partial charge is 0.231 e. The van der Waals surface area contributed by atoms with Gasteiger partial charge in [-0.05, 0) is 48.2 Å². The Bertz CT molecular complexity index is 1330. The van der Waals surface area contributed by atoms with E-state index in [-0.39, 0.29) is 18.4 Å². The summed E-state index contributed by atoms with van der Waals surface area (Å²) in [5, 5.41) is 4.56. The molecule has 8 nitrogen and oxygen atoms in total. The maximum atomic E-state index is 11.9. The third-order valence-electron chi connectivity index (χ3n) is 6.85. The van der Waals surface area contributed by atoms with Crippen LogP contribution in [0.15, 0.2) is 53.6 Å². The molecule has 2 aromatic carbocycles. The lowest BCUT2D eigenvalue weighted by atomic mass is 10.0. The molecule has 1 aromatic heterocycles. The van der Waals surface area contributed by atoms with Crippen LogP contribution in [0.3, 0.4) is 0 Å². The van der Waals surface area contributed by atoms with E-state index in [2.05, 4.69) is 22.3 Å². The Kier molecular flexibility index (Phi) is 5.71. The van der Waals surface area contributed by atoms with Crippen LogP contribution in [0.25, 0.3) is 0 Å². The first kappa shape index (κ1) is 22.8. The van der Waals surface area contributed by atoms with Gasteiger partial charge in [-0.2, -0.15) is 0 Å². The number of sulfone groups is 1. The van der Waals surface area contributed by atoms with Crippen LogP contribution >= 0.6 is 11.3 Å². The Morgan fingerprint density at radius 3 is 2.51 bits per heavy atom. The van der Waals surface area contributed by atoms with Crippen molar-refractivity contribution in [2.24, 2.45) is 0 Å². The van der Waals surface area contributed by atoms with Gasteiger partial charge in [0.1, 0.15) is 0 Å². The number of nitrogens with zero attached hydrogens (tertiary/aromatic N) is 2. The third kappa shape index (κ3) is 4.51. The van der Waals surface area contributed by atoms with E-state index in [9.17, 15) is 8.42 Å². The number of thiazole rings is 1. The third-order valence-corrected chi connectivity index (χ3v) is 8.94. The molecule has 1 atom stereocenters. The summed E-state index contributed by atoms with van der Waals surface area (Å²) in [5.74, 6) is 1.58. The molecule has 184 valence electrons. The summed E-state index contributed by atoms with van der Waals surface area (Å²) < 4.78 is 40.5. The summed E-state index contributed by atoms with van der Waals surface area (Å²) in [5.41, 5.74) is 2.09. The Labute approximate surface area is 208 Å². The zero-order valence-corrected chi connectivity index (χ0v) is 21.0. The van der Waals surface area contributed by atoms with E-state index in [0.717, 1.165) is 53.0 Å². The largest absolute Gasteiger partial charge is 0.454 e. The molecule has 1 N–H and O–H groups in total. The predicted octanol–water partition coefficient (Wildman–Crippen LogP) is 3.80. The highest BCUT2D eigenvalue weighted by atomic mass is 32.2. The maximum absolute atomic E-state index is 11.9. The van der Waals surface area contributed by atoms with Crippen molar-refractivity contribution in [3.8, 4) is 11.5 Å². The van der Waals surface area contributed by atoms with Crippen LogP contribution in [0.1, 0.15) is 34.9 Å². The van der Waals surface area contributed by atoms with Gasteiger partial charge in [0.05, 0.1) is 29.7 Å². The second-order valence-corrected chi connectivity index (χ2v) is 12.3. The molecule has 10 heteroatoms. The molecule has 3 aliphatic rings. The molecular formula is C25H27N3O5S2. The Balaban J connectivity index is 1.27. The van der Waals surface area contributed by atoms with Crippen LogP contribution in [0.5, 0.6) is 11.5 Å². The summed E-state index contributed by atoms with van der Waals surface area (Å²) in [6.45, 7) is 3.23. The van der Waals surface area contributed by atoms with Crippen LogP contribution in [0, 0.1) is 0 Å². The standard InChI is InChI=1S/C25H27N3O5S2/c1-35(29,30)19-5-2-17(3-6-19)23(28-10-12-31-13-11-28)22-15-26-24(34-22)27-25(8-9-25)18-4-7-20-21(14-18)33-16-32-20/h2-7,14-15,23H,8-13,16H2,1H3,(H,26,27). The number of ether oxygens (including phenoxy) is 3. The van der Waals surface area contributed by atoms with Gasteiger partial charge < -0.3 is 19.5 Å². The molecule has 2 fully saturated rings. The van der Waals surface area contributed by atoms with Gasteiger partial charge in [0.25, 0.3) is 0 Å². The van der Waals surface area contributed by atoms with Crippen molar-refractivity contribution in [3.63, 3.8) is 0 Å². The maximum Gasteiger partial charge on any atom is 0.231 e. The van der Waals surface area contributed by atoms with Crippen molar-refractivity contribution in [1.82, 2.24) is 9.88 Å². The van der Waals surface area contributed by atoms with E-state index >= 15 is 0 Å². The van der Waals surface area contributed by atoms with Crippen molar-refractivity contribution in [2.45, 2.75) is 29.3 Å². The Hall–Kier alpha value is -2.66. The topological polar surface area (TPSA) is 90.0 Å². The van der Waals surface area contributed by atoms with Gasteiger partial charge in [0.2, 0.25) is 6.79 Å². The molecule has 1 saturated carbocycles. The van der Waals surface area contributed by atoms with E-state index in [0.29, 0.717) is 18.1 Å². The molecule has 6 rings (SSSR count). The number of rotatable bonds is 7. The fourth-order valence-electron chi connectivity index (χ4n) is 4.77. The quantitative estimate of drug-likeness (QED) is 0.510. The number of anilines is 1. The molecule has 35 heavy (non-hydrogen) atoms. The fourth-order valence-corrected chi connectivity index (χ4v) is 6.48. The van der Waals surface area contributed by atoms with Gasteiger partial charge in [0.15, 0.2) is 26.5 Å². The second-order valence-electron chi connectivity index (χ2n) is 9.24. The number of fused-ring (bicyclic) bond motifs is 1. The predicted molar refractivity (Wildman–Crippen MR) is 133 cm³/mol. The minimum Gasteiger partial charge on any atom is -0.454 e.